The van der Waals surface area contributed by atoms with Crippen LogP contribution in [0.3, 0.4) is 0 Å². The first-order chi connectivity index (χ1) is 13.1. The van der Waals surface area contributed by atoms with E-state index in [0.29, 0.717) is 37.5 Å². The van der Waals surface area contributed by atoms with Crippen molar-refractivity contribution >= 4 is 23.2 Å². The number of carbonyl (C=O) groups excluding carboxylic acids is 2. The van der Waals surface area contributed by atoms with Crippen LogP contribution in [0, 0.1) is 0 Å². The number of piperidine rings is 1. The highest BCUT2D eigenvalue weighted by molar-refractivity contribution is 7.09. The topological polar surface area (TPSA) is 70.7 Å². The Labute approximate surface area is 162 Å². The lowest BCUT2D eigenvalue weighted by atomic mass is 9.92. The molecule has 2 aromatic rings. The number of likely N-dealkylation sites (tertiary alicyclic amines) is 1. The van der Waals surface area contributed by atoms with Crippen molar-refractivity contribution in [2.24, 2.45) is 0 Å². The second-order valence-corrected chi connectivity index (χ2v) is 8.17. The second kappa shape index (κ2) is 7.70. The zero-order valence-electron chi connectivity index (χ0n) is 15.1. The Morgan fingerprint density at radius 2 is 2.19 bits per heavy atom. The van der Waals surface area contributed by atoms with Crippen LogP contribution in [-0.4, -0.2) is 48.5 Å². The van der Waals surface area contributed by atoms with Gasteiger partial charge in [0.2, 0.25) is 5.91 Å². The molecule has 7 heteroatoms. The number of nitrogens with one attached hydrogen (secondary N) is 2. The summed E-state index contributed by atoms with van der Waals surface area (Å²) in [6.07, 6.45) is 1.78. The first-order valence-corrected chi connectivity index (χ1v) is 10.1. The number of para-hydroxylation sites is 1. The van der Waals surface area contributed by atoms with Crippen molar-refractivity contribution < 1.29 is 14.3 Å². The number of thiophene rings is 1. The van der Waals surface area contributed by atoms with Crippen LogP contribution in [0.2, 0.25) is 0 Å². The normalized spacial score (nSPS) is 22.4. The van der Waals surface area contributed by atoms with E-state index >= 15 is 0 Å². The highest BCUT2D eigenvalue weighted by Gasteiger charge is 2.41. The molecule has 1 aromatic heterocycles. The molecule has 1 fully saturated rings. The van der Waals surface area contributed by atoms with Crippen molar-refractivity contribution in [3.8, 4) is 5.75 Å². The fourth-order valence-electron chi connectivity index (χ4n) is 3.76. The average molecular weight is 385 g/mol. The van der Waals surface area contributed by atoms with Crippen LogP contribution in [-0.2, 0) is 11.3 Å². The van der Waals surface area contributed by atoms with Gasteiger partial charge >= 0.3 is 0 Å². The van der Waals surface area contributed by atoms with Crippen molar-refractivity contribution in [2.75, 3.05) is 26.2 Å². The highest BCUT2D eigenvalue weighted by Crippen LogP contribution is 2.31. The van der Waals surface area contributed by atoms with Crippen molar-refractivity contribution in [3.63, 3.8) is 0 Å². The standard InChI is InChI=1S/C20H23N3O3S/c24-18(21-11-15-5-3-10-27-15)12-23-9-4-8-20(14-23)13-22-19(25)16-6-1-2-7-17(16)26-20/h1-3,5-7,10H,4,8-9,11-14H2,(H,21,24)(H,22,25). The van der Waals surface area contributed by atoms with E-state index in [1.54, 1.807) is 17.4 Å². The van der Waals surface area contributed by atoms with Gasteiger partial charge in [0.1, 0.15) is 11.4 Å². The van der Waals surface area contributed by atoms with Crippen LogP contribution in [0.1, 0.15) is 28.1 Å². The SMILES string of the molecule is O=C(CN1CCCC2(CNC(=O)c3ccccc3O2)C1)NCc1cccs1. The van der Waals surface area contributed by atoms with Gasteiger partial charge in [-0.05, 0) is 43.0 Å². The Kier molecular flexibility index (Phi) is 5.13. The molecule has 0 aliphatic carbocycles. The van der Waals surface area contributed by atoms with Gasteiger partial charge in [-0.15, -0.1) is 11.3 Å². The van der Waals surface area contributed by atoms with E-state index in [9.17, 15) is 9.59 Å². The fraction of sp³-hybridized carbons (Fsp3) is 0.400. The number of hydrogen-bond acceptors (Lipinski definition) is 5. The number of benzene rings is 1. The summed E-state index contributed by atoms with van der Waals surface area (Å²) in [6.45, 7) is 2.83. The number of nitrogens with zero attached hydrogens (tertiary/aromatic N) is 1. The van der Waals surface area contributed by atoms with E-state index in [2.05, 4.69) is 15.5 Å². The molecule has 1 aromatic carbocycles. The predicted octanol–water partition coefficient (Wildman–Crippen LogP) is 2.02. The first-order valence-electron chi connectivity index (χ1n) is 9.21. The van der Waals surface area contributed by atoms with Gasteiger partial charge in [0.25, 0.3) is 5.91 Å². The highest BCUT2D eigenvalue weighted by atomic mass is 32.1. The summed E-state index contributed by atoms with van der Waals surface area (Å²) in [7, 11) is 0. The van der Waals surface area contributed by atoms with Gasteiger partial charge in [-0.2, -0.15) is 0 Å². The number of carbonyl (C=O) groups is 2. The van der Waals surface area contributed by atoms with E-state index in [4.69, 9.17) is 4.74 Å². The third-order valence-corrected chi connectivity index (χ3v) is 5.93. The van der Waals surface area contributed by atoms with Crippen LogP contribution < -0.4 is 15.4 Å². The fourth-order valence-corrected chi connectivity index (χ4v) is 4.40. The first kappa shape index (κ1) is 18.0. The summed E-state index contributed by atoms with van der Waals surface area (Å²) in [5.41, 5.74) is 0.0781. The number of fused-ring (bicyclic) bond motifs is 1. The molecule has 1 atom stereocenters. The van der Waals surface area contributed by atoms with Crippen LogP contribution in [0.5, 0.6) is 5.75 Å². The van der Waals surface area contributed by atoms with Gasteiger partial charge in [-0.1, -0.05) is 18.2 Å². The van der Waals surface area contributed by atoms with E-state index in [-0.39, 0.29) is 11.8 Å². The number of amides is 2. The molecule has 0 bridgehead atoms. The Hall–Kier alpha value is -2.38. The Balaban J connectivity index is 1.40. The molecule has 1 saturated heterocycles. The molecule has 2 aliphatic heterocycles. The van der Waals surface area contributed by atoms with Gasteiger partial charge in [0, 0.05) is 11.4 Å². The molecule has 2 amide bonds. The molecule has 6 nitrogen and oxygen atoms in total. The van der Waals surface area contributed by atoms with Crippen molar-refractivity contribution in [1.82, 2.24) is 15.5 Å². The average Bonchev–Trinajstić information content (AvgIpc) is 3.15. The quantitative estimate of drug-likeness (QED) is 0.845. The molecule has 27 heavy (non-hydrogen) atoms. The zero-order chi connectivity index (χ0) is 18.7. The largest absolute Gasteiger partial charge is 0.483 e. The number of rotatable bonds is 4. The van der Waals surface area contributed by atoms with Crippen LogP contribution in [0.25, 0.3) is 0 Å². The summed E-state index contributed by atoms with van der Waals surface area (Å²) in [4.78, 5) is 27.9. The summed E-state index contributed by atoms with van der Waals surface area (Å²) in [5.74, 6) is 0.531. The lowest BCUT2D eigenvalue weighted by Crippen LogP contribution is -2.57. The van der Waals surface area contributed by atoms with Crippen LogP contribution in [0.15, 0.2) is 41.8 Å². The van der Waals surface area contributed by atoms with Gasteiger partial charge in [-0.3, -0.25) is 14.5 Å². The molecule has 4 rings (SSSR count). The Morgan fingerprint density at radius 1 is 1.30 bits per heavy atom. The molecule has 142 valence electrons. The summed E-state index contributed by atoms with van der Waals surface area (Å²) in [5, 5.41) is 7.97. The molecule has 0 radical (unpaired) electrons. The Bertz CT molecular complexity index is 824. The number of ether oxygens (including phenoxy) is 1. The maximum atomic E-state index is 12.3. The van der Waals surface area contributed by atoms with Crippen molar-refractivity contribution in [2.45, 2.75) is 25.0 Å². The van der Waals surface area contributed by atoms with Gasteiger partial charge in [-0.25, -0.2) is 0 Å². The third kappa shape index (κ3) is 4.14. The second-order valence-electron chi connectivity index (χ2n) is 7.13. The van der Waals surface area contributed by atoms with Gasteiger partial charge in [0.15, 0.2) is 0 Å². The number of hydrogen-bond donors (Lipinski definition) is 2. The molecule has 1 spiro atoms. The van der Waals surface area contributed by atoms with E-state index in [1.807, 2.05) is 35.7 Å². The minimum atomic E-state index is -0.492. The molecular formula is C20H23N3O3S. The predicted molar refractivity (Wildman–Crippen MR) is 104 cm³/mol. The van der Waals surface area contributed by atoms with Gasteiger partial charge in [0.05, 0.1) is 25.2 Å². The lowest BCUT2D eigenvalue weighted by Gasteiger charge is -2.41. The van der Waals surface area contributed by atoms with E-state index in [0.717, 1.165) is 24.3 Å². The third-order valence-electron chi connectivity index (χ3n) is 5.05. The maximum absolute atomic E-state index is 12.3. The smallest absolute Gasteiger partial charge is 0.255 e. The zero-order valence-corrected chi connectivity index (χ0v) is 15.9. The lowest BCUT2D eigenvalue weighted by molar-refractivity contribution is -0.123. The van der Waals surface area contributed by atoms with Crippen molar-refractivity contribution in [3.05, 3.63) is 52.2 Å². The minimum absolute atomic E-state index is 0.0125. The molecule has 0 saturated carbocycles. The summed E-state index contributed by atoms with van der Waals surface area (Å²) >= 11 is 1.64. The molecule has 2 N–H and O–H groups in total. The molecule has 3 heterocycles. The molecule has 2 aliphatic rings. The van der Waals surface area contributed by atoms with Crippen LogP contribution in [0.4, 0.5) is 0 Å². The van der Waals surface area contributed by atoms with Gasteiger partial charge < -0.3 is 15.4 Å². The minimum Gasteiger partial charge on any atom is -0.483 e. The Morgan fingerprint density at radius 3 is 3.04 bits per heavy atom. The summed E-state index contributed by atoms with van der Waals surface area (Å²) < 4.78 is 6.33. The van der Waals surface area contributed by atoms with Crippen molar-refractivity contribution in [1.29, 1.82) is 0 Å². The maximum Gasteiger partial charge on any atom is 0.255 e. The summed E-state index contributed by atoms with van der Waals surface area (Å²) in [6, 6.07) is 11.3. The van der Waals surface area contributed by atoms with E-state index in [1.165, 1.54) is 0 Å². The van der Waals surface area contributed by atoms with E-state index < -0.39 is 5.60 Å². The molecular weight excluding hydrogens is 362 g/mol. The van der Waals surface area contributed by atoms with Crippen LogP contribution >= 0.6 is 11.3 Å². The molecule has 1 unspecified atom stereocenters. The monoisotopic (exact) mass is 385 g/mol.